The molecule has 0 unspecified atom stereocenters. The Balaban J connectivity index is 0.00000507. The third-order valence-corrected chi connectivity index (χ3v) is 7.15. The van der Waals surface area contributed by atoms with Gasteiger partial charge in [-0.15, -0.1) is 12.4 Å². The molecule has 1 heterocycles. The number of aromatic hydroxyl groups is 1. The summed E-state index contributed by atoms with van der Waals surface area (Å²) >= 11 is 1.53. The van der Waals surface area contributed by atoms with E-state index in [-0.39, 0.29) is 35.7 Å². The molecular formula is C27H35ClN4O5S. The van der Waals surface area contributed by atoms with E-state index in [1.165, 1.54) is 23.9 Å². The lowest BCUT2D eigenvalue weighted by atomic mass is 10.0. The molecule has 0 radical (unpaired) electrons. The van der Waals surface area contributed by atoms with Gasteiger partial charge in [-0.3, -0.25) is 9.59 Å². The first-order valence-corrected chi connectivity index (χ1v) is 13.0. The Morgan fingerprint density at radius 1 is 0.974 bits per heavy atom. The number of fused-ring (bicyclic) bond motifs is 1. The number of nitrogens with two attached hydrogens (primary N) is 1. The predicted octanol–water partition coefficient (Wildman–Crippen LogP) is 2.99. The number of carboxylic acids is 1. The van der Waals surface area contributed by atoms with Crippen molar-refractivity contribution in [2.24, 2.45) is 5.73 Å². The van der Waals surface area contributed by atoms with Crippen LogP contribution in [0.5, 0.6) is 5.75 Å². The average Bonchev–Trinajstić information content (AvgIpc) is 3.25. The predicted molar refractivity (Wildman–Crippen MR) is 153 cm³/mol. The molecule has 0 aliphatic heterocycles. The maximum Gasteiger partial charge on any atom is 0.326 e. The van der Waals surface area contributed by atoms with Gasteiger partial charge in [-0.05, 0) is 29.3 Å². The number of aromatic amines is 1. The number of phenolic OH excluding ortho intramolecular Hbond substituents is 1. The Morgan fingerprint density at radius 2 is 1.61 bits per heavy atom. The van der Waals surface area contributed by atoms with Crippen LogP contribution in [0.3, 0.4) is 0 Å². The van der Waals surface area contributed by atoms with E-state index in [1.54, 1.807) is 18.3 Å². The van der Waals surface area contributed by atoms with Crippen LogP contribution in [-0.4, -0.2) is 61.6 Å². The number of nitrogens with one attached hydrogen (secondary N) is 3. The van der Waals surface area contributed by atoms with Gasteiger partial charge < -0.3 is 31.6 Å². The number of H-pyrrole nitrogens is 1. The van der Waals surface area contributed by atoms with Gasteiger partial charge in [0.05, 0.1) is 6.04 Å². The molecule has 9 nitrogen and oxygen atoms in total. The van der Waals surface area contributed by atoms with Crippen LogP contribution in [0.15, 0.2) is 54.7 Å². The maximum absolute atomic E-state index is 13.3. The summed E-state index contributed by atoms with van der Waals surface area (Å²) in [5.41, 5.74) is 8.38. The number of para-hydroxylation sites is 1. The molecule has 0 spiro atoms. The molecule has 0 saturated carbocycles. The number of thioether (sulfide) groups is 1. The third kappa shape index (κ3) is 8.97. The second kappa shape index (κ2) is 13.5. The number of rotatable bonds is 11. The summed E-state index contributed by atoms with van der Waals surface area (Å²) in [4.78, 5) is 41.3. The van der Waals surface area contributed by atoms with E-state index in [0.717, 1.165) is 16.5 Å². The molecule has 7 N–H and O–H groups in total. The van der Waals surface area contributed by atoms with Crippen LogP contribution in [0.2, 0.25) is 0 Å². The van der Waals surface area contributed by atoms with Crippen molar-refractivity contribution in [2.45, 2.75) is 56.5 Å². The highest BCUT2D eigenvalue weighted by atomic mass is 35.5. The number of benzene rings is 2. The lowest BCUT2D eigenvalue weighted by Gasteiger charge is -2.24. The lowest BCUT2D eigenvalue weighted by Crippen LogP contribution is -2.56. The van der Waals surface area contributed by atoms with Crippen molar-refractivity contribution in [1.29, 1.82) is 0 Å². The molecule has 3 rings (SSSR count). The van der Waals surface area contributed by atoms with Gasteiger partial charge in [0, 0.05) is 40.4 Å². The lowest BCUT2D eigenvalue weighted by molar-refractivity contribution is -0.142. The zero-order valence-corrected chi connectivity index (χ0v) is 23.2. The van der Waals surface area contributed by atoms with Crippen LogP contribution < -0.4 is 16.4 Å². The van der Waals surface area contributed by atoms with E-state index in [2.05, 4.69) is 15.6 Å². The van der Waals surface area contributed by atoms with E-state index in [1.807, 2.05) is 45.0 Å². The Labute approximate surface area is 232 Å². The number of carbonyl (C=O) groups is 3. The van der Waals surface area contributed by atoms with Gasteiger partial charge in [0.25, 0.3) is 0 Å². The molecular weight excluding hydrogens is 528 g/mol. The van der Waals surface area contributed by atoms with E-state index in [9.17, 15) is 24.6 Å². The second-order valence-corrected chi connectivity index (χ2v) is 11.8. The van der Waals surface area contributed by atoms with Crippen molar-refractivity contribution in [1.82, 2.24) is 15.6 Å². The van der Waals surface area contributed by atoms with Gasteiger partial charge in [-0.25, -0.2) is 4.79 Å². The number of hydrogen-bond donors (Lipinski definition) is 6. The fourth-order valence-corrected chi connectivity index (χ4v) is 4.59. The van der Waals surface area contributed by atoms with Crippen molar-refractivity contribution in [3.8, 4) is 5.75 Å². The van der Waals surface area contributed by atoms with Crippen LogP contribution in [0.1, 0.15) is 31.9 Å². The van der Waals surface area contributed by atoms with Crippen molar-refractivity contribution >= 4 is 52.9 Å². The number of hydrogen-bond acceptors (Lipinski definition) is 6. The molecule has 38 heavy (non-hydrogen) atoms. The molecule has 206 valence electrons. The zero-order valence-electron chi connectivity index (χ0n) is 21.6. The van der Waals surface area contributed by atoms with Crippen LogP contribution in [-0.2, 0) is 27.2 Å². The Kier molecular flexibility index (Phi) is 11.1. The fourth-order valence-electron chi connectivity index (χ4n) is 3.76. The minimum Gasteiger partial charge on any atom is -0.508 e. The molecule has 11 heteroatoms. The highest BCUT2D eigenvalue weighted by Gasteiger charge is 2.29. The van der Waals surface area contributed by atoms with Crippen molar-refractivity contribution in [3.63, 3.8) is 0 Å². The minimum atomic E-state index is -1.21. The van der Waals surface area contributed by atoms with Gasteiger partial charge >= 0.3 is 5.97 Å². The molecule has 0 aliphatic carbocycles. The molecule has 3 aromatic rings. The fraction of sp³-hybridized carbons (Fsp3) is 0.370. The molecule has 1 aromatic heterocycles. The quantitative estimate of drug-likeness (QED) is 0.210. The summed E-state index contributed by atoms with van der Waals surface area (Å²) in [6, 6.07) is 10.6. The molecule has 3 atom stereocenters. The first-order valence-electron chi connectivity index (χ1n) is 12.0. The summed E-state index contributed by atoms with van der Waals surface area (Å²) in [7, 11) is 0. The summed E-state index contributed by atoms with van der Waals surface area (Å²) in [6.45, 7) is 6.05. The molecule has 0 aliphatic rings. The van der Waals surface area contributed by atoms with Crippen LogP contribution >= 0.6 is 24.2 Å². The standard InChI is InChI=1S/C27H34N4O5S.ClH/c1-27(2,3)37-15-20(28)24(33)30-22(12-16-8-10-18(32)11-9-16)25(34)31-23(26(35)36)13-17-14-29-21-7-5-4-6-19(17)21;/h4-11,14,20,22-23,29,32H,12-13,15,28H2,1-3H3,(H,30,33)(H,31,34)(H,35,36);1H/t20-,22-,23+;/m0./s1. The minimum absolute atomic E-state index is 0. The smallest absolute Gasteiger partial charge is 0.326 e. The summed E-state index contributed by atoms with van der Waals surface area (Å²) in [6.07, 6.45) is 1.89. The van der Waals surface area contributed by atoms with Crippen LogP contribution in [0, 0.1) is 0 Å². The van der Waals surface area contributed by atoms with Crippen molar-refractivity contribution in [2.75, 3.05) is 5.75 Å². The summed E-state index contributed by atoms with van der Waals surface area (Å²) in [5, 5.41) is 25.6. The average molecular weight is 563 g/mol. The number of carbonyl (C=O) groups excluding carboxylic acids is 2. The Bertz CT molecular complexity index is 1240. The topological polar surface area (TPSA) is 158 Å². The Morgan fingerprint density at radius 3 is 2.24 bits per heavy atom. The van der Waals surface area contributed by atoms with Crippen molar-refractivity contribution in [3.05, 3.63) is 65.9 Å². The number of halogens is 1. The summed E-state index contributed by atoms with van der Waals surface area (Å²) < 4.78 is -0.0855. The highest BCUT2D eigenvalue weighted by Crippen LogP contribution is 2.23. The van der Waals surface area contributed by atoms with Crippen molar-refractivity contribution < 1.29 is 24.6 Å². The normalized spacial score (nSPS) is 13.7. The van der Waals surface area contributed by atoms with Gasteiger partial charge in [0.2, 0.25) is 11.8 Å². The molecule has 0 fully saturated rings. The maximum atomic E-state index is 13.3. The monoisotopic (exact) mass is 562 g/mol. The zero-order chi connectivity index (χ0) is 27.2. The van der Waals surface area contributed by atoms with Gasteiger partial charge in [0.15, 0.2) is 0 Å². The second-order valence-electron chi connectivity index (χ2n) is 9.92. The van der Waals surface area contributed by atoms with E-state index < -0.39 is 35.9 Å². The SMILES string of the molecule is CC(C)(C)SC[C@H](N)C(=O)N[C@@H](Cc1ccc(O)cc1)C(=O)N[C@H](Cc1c[nH]c2ccccc12)C(=O)O.Cl. The molecule has 2 aromatic carbocycles. The van der Waals surface area contributed by atoms with E-state index >= 15 is 0 Å². The highest BCUT2D eigenvalue weighted by molar-refractivity contribution is 8.00. The first kappa shape index (κ1) is 31.0. The van der Waals surface area contributed by atoms with Gasteiger partial charge in [-0.1, -0.05) is 51.1 Å². The number of carboxylic acid groups (broad SMARTS) is 1. The number of phenols is 1. The molecule has 0 saturated heterocycles. The van der Waals surface area contributed by atoms with Crippen LogP contribution in [0.25, 0.3) is 10.9 Å². The number of aliphatic carboxylic acids is 1. The third-order valence-electron chi connectivity index (χ3n) is 5.76. The number of amides is 2. The number of aromatic nitrogens is 1. The van der Waals surface area contributed by atoms with E-state index in [0.29, 0.717) is 11.3 Å². The van der Waals surface area contributed by atoms with Crippen LogP contribution in [0.4, 0.5) is 0 Å². The Hall–Kier alpha value is -3.21. The summed E-state index contributed by atoms with van der Waals surface area (Å²) in [5.74, 6) is -1.89. The first-order chi connectivity index (χ1) is 17.4. The molecule has 2 amide bonds. The van der Waals surface area contributed by atoms with E-state index in [4.69, 9.17) is 5.73 Å². The molecule has 0 bridgehead atoms. The largest absolute Gasteiger partial charge is 0.508 e. The van der Waals surface area contributed by atoms with Gasteiger partial charge in [-0.2, -0.15) is 11.8 Å². The van der Waals surface area contributed by atoms with Gasteiger partial charge in [0.1, 0.15) is 17.8 Å².